The van der Waals surface area contributed by atoms with E-state index in [1.165, 1.54) is 0 Å². The molecule has 19 heteroatoms. The Hall–Kier alpha value is -1.11. The molecule has 0 aliphatic heterocycles. The predicted molar refractivity (Wildman–Crippen MR) is 194 cm³/mol. The van der Waals surface area contributed by atoms with Crippen LogP contribution in [0.25, 0.3) is 0 Å². The number of nitrogens with two attached hydrogens (primary N) is 2. The quantitative estimate of drug-likeness (QED) is 0.0298. The monoisotopic (exact) mass is 777 g/mol. The van der Waals surface area contributed by atoms with Crippen LogP contribution in [0.1, 0.15) is 25.7 Å². The van der Waals surface area contributed by atoms with E-state index < -0.39 is 18.1 Å². The van der Waals surface area contributed by atoms with E-state index in [0.717, 1.165) is 12.8 Å². The Morgan fingerprint density at radius 1 is 0.519 bits per heavy atom. The highest BCUT2D eigenvalue weighted by atomic mass is 32.1. The molecule has 310 valence electrons. The van der Waals surface area contributed by atoms with E-state index in [9.17, 15) is 9.59 Å². The Morgan fingerprint density at radius 3 is 1.12 bits per heavy atom. The standard InChI is InChI=1S/C33H67N3O15S/c34-5-2-1-3-30(35)32(37)4-6-40-7-8-41-9-10-42-11-12-43-13-14-44-15-16-45-17-18-46-19-20-47-21-22-48-23-24-49-25-26-50-27-28-51-36-31(29-52)33(38)39/h30-31,36,52H,1-29,34-35H2,(H,38,39)/t30-,31-/m0/s1. The second-order valence-electron chi connectivity index (χ2n) is 10.9. The smallest absolute Gasteiger partial charge is 0.323 e. The van der Waals surface area contributed by atoms with Gasteiger partial charge in [0.15, 0.2) is 5.78 Å². The molecule has 0 amide bonds. The van der Waals surface area contributed by atoms with Gasteiger partial charge in [0.2, 0.25) is 0 Å². The van der Waals surface area contributed by atoms with Gasteiger partial charge in [-0.1, -0.05) is 6.42 Å². The number of nitrogens with one attached hydrogen (secondary N) is 1. The first-order valence-electron chi connectivity index (χ1n) is 18.1. The zero-order chi connectivity index (χ0) is 38.0. The minimum Gasteiger partial charge on any atom is -0.480 e. The Morgan fingerprint density at radius 2 is 0.827 bits per heavy atom. The van der Waals surface area contributed by atoms with E-state index in [-0.39, 0.29) is 18.1 Å². The van der Waals surface area contributed by atoms with E-state index in [0.29, 0.717) is 165 Å². The van der Waals surface area contributed by atoms with Gasteiger partial charge in [-0.15, -0.1) is 0 Å². The molecular weight excluding hydrogens is 710 g/mol. The molecule has 0 bridgehead atoms. The van der Waals surface area contributed by atoms with Crippen LogP contribution in [0.3, 0.4) is 0 Å². The van der Waals surface area contributed by atoms with Crippen molar-refractivity contribution < 1.29 is 71.6 Å². The van der Waals surface area contributed by atoms with Crippen molar-refractivity contribution in [2.75, 3.05) is 164 Å². The summed E-state index contributed by atoms with van der Waals surface area (Å²) in [5, 5.41) is 8.84. The van der Waals surface area contributed by atoms with Crippen LogP contribution in [0, 0.1) is 0 Å². The molecule has 0 aliphatic carbocycles. The van der Waals surface area contributed by atoms with Crippen molar-refractivity contribution in [2.45, 2.75) is 37.8 Å². The second-order valence-corrected chi connectivity index (χ2v) is 11.2. The lowest BCUT2D eigenvalue weighted by molar-refractivity contribution is -0.143. The summed E-state index contributed by atoms with van der Waals surface area (Å²) in [6.45, 7) is 10.6. The average molecular weight is 778 g/mol. The van der Waals surface area contributed by atoms with Crippen LogP contribution in [-0.2, 0) is 66.5 Å². The fourth-order valence-electron chi connectivity index (χ4n) is 3.75. The van der Waals surface area contributed by atoms with Gasteiger partial charge in [0, 0.05) is 12.2 Å². The number of Topliss-reactive ketones (excluding diaryl/α,β-unsaturated/α-hetero) is 1. The van der Waals surface area contributed by atoms with Crippen LogP contribution < -0.4 is 16.9 Å². The highest BCUT2D eigenvalue weighted by Crippen LogP contribution is 2.01. The molecule has 52 heavy (non-hydrogen) atoms. The molecule has 0 aromatic heterocycles. The summed E-state index contributed by atoms with van der Waals surface area (Å²) in [4.78, 5) is 27.7. The van der Waals surface area contributed by atoms with Gasteiger partial charge in [0.1, 0.15) is 6.04 Å². The zero-order valence-electron chi connectivity index (χ0n) is 30.9. The maximum atomic E-state index is 11.9. The SMILES string of the molecule is NCCCC[C@H](N)C(=O)CCOCCOCCOCCOCCOCCOCCOCCOCCOCCOCCOCCON[C@@H](CS)C(=O)O. The number of aliphatic carboxylic acids is 1. The minimum atomic E-state index is -1.03. The number of carbonyl (C=O) groups is 2. The molecule has 0 saturated heterocycles. The number of carboxylic acid groups (broad SMARTS) is 1. The molecule has 0 aromatic rings. The van der Waals surface area contributed by atoms with E-state index in [1.807, 2.05) is 0 Å². The number of hydrogen-bond donors (Lipinski definition) is 5. The summed E-state index contributed by atoms with van der Waals surface area (Å²) < 4.78 is 59.8. The summed E-state index contributed by atoms with van der Waals surface area (Å²) in [6, 6.07) is -1.29. The number of hydrogen-bond acceptors (Lipinski definition) is 18. The fourth-order valence-corrected chi connectivity index (χ4v) is 3.99. The molecule has 2 atom stereocenters. The van der Waals surface area contributed by atoms with Gasteiger partial charge in [-0.05, 0) is 19.4 Å². The molecule has 0 aromatic carbocycles. The Balaban J connectivity index is 3.15. The maximum absolute atomic E-state index is 11.9. The van der Waals surface area contributed by atoms with Crippen LogP contribution in [0.4, 0.5) is 0 Å². The number of ether oxygens (including phenoxy) is 11. The van der Waals surface area contributed by atoms with E-state index in [2.05, 4.69) is 18.1 Å². The number of rotatable bonds is 45. The third-order valence-electron chi connectivity index (χ3n) is 6.63. The van der Waals surface area contributed by atoms with Crippen LogP contribution in [-0.4, -0.2) is 193 Å². The molecule has 6 N–H and O–H groups in total. The van der Waals surface area contributed by atoms with Crippen LogP contribution in [0.2, 0.25) is 0 Å². The van der Waals surface area contributed by atoms with Gasteiger partial charge in [0.05, 0.1) is 158 Å². The van der Waals surface area contributed by atoms with Gasteiger partial charge >= 0.3 is 5.97 Å². The minimum absolute atomic E-state index is 0.0200. The molecule has 0 spiro atoms. The Kier molecular flexibility index (Phi) is 41.7. The molecule has 0 unspecified atom stereocenters. The van der Waals surface area contributed by atoms with Crippen molar-refractivity contribution in [3.8, 4) is 0 Å². The van der Waals surface area contributed by atoms with Crippen molar-refractivity contribution >= 4 is 24.4 Å². The summed E-state index contributed by atoms with van der Waals surface area (Å²) in [5.74, 6) is -0.882. The number of hydroxylamine groups is 1. The van der Waals surface area contributed by atoms with Gasteiger partial charge in [-0.3, -0.25) is 14.4 Å². The number of carbonyl (C=O) groups excluding carboxylic acids is 1. The topological polar surface area (TPSA) is 229 Å². The third kappa shape index (κ3) is 38.6. The molecule has 0 fully saturated rings. The normalized spacial score (nSPS) is 12.8. The summed E-state index contributed by atoms with van der Waals surface area (Å²) >= 11 is 3.92. The van der Waals surface area contributed by atoms with Crippen LogP contribution in [0.5, 0.6) is 0 Å². The van der Waals surface area contributed by atoms with Crippen molar-refractivity contribution in [2.24, 2.45) is 11.5 Å². The van der Waals surface area contributed by atoms with Gasteiger partial charge in [0.25, 0.3) is 0 Å². The van der Waals surface area contributed by atoms with E-state index >= 15 is 0 Å². The number of unbranched alkanes of at least 4 members (excludes halogenated alkanes) is 1. The zero-order valence-corrected chi connectivity index (χ0v) is 31.8. The molecule has 18 nitrogen and oxygen atoms in total. The molecule has 0 saturated carbocycles. The molecule has 0 radical (unpaired) electrons. The number of ketones is 1. The van der Waals surface area contributed by atoms with Gasteiger partial charge in [-0.2, -0.15) is 18.1 Å². The largest absolute Gasteiger partial charge is 0.480 e. The summed E-state index contributed by atoms with van der Waals surface area (Å²) in [6.07, 6.45) is 2.73. The highest BCUT2D eigenvalue weighted by Gasteiger charge is 2.14. The van der Waals surface area contributed by atoms with E-state index in [1.54, 1.807) is 0 Å². The molecule has 0 rings (SSSR count). The maximum Gasteiger partial charge on any atom is 0.323 e. The van der Waals surface area contributed by atoms with Crippen LogP contribution >= 0.6 is 12.6 Å². The lowest BCUT2D eigenvalue weighted by Gasteiger charge is -2.11. The van der Waals surface area contributed by atoms with Gasteiger partial charge in [-0.25, -0.2) is 0 Å². The first kappa shape index (κ1) is 50.9. The average Bonchev–Trinajstić information content (AvgIpc) is 3.14. The lowest BCUT2D eigenvalue weighted by atomic mass is 10.0. The van der Waals surface area contributed by atoms with Crippen molar-refractivity contribution in [3.05, 3.63) is 0 Å². The molecular formula is C33H67N3O15S. The molecule has 0 heterocycles. The first-order valence-corrected chi connectivity index (χ1v) is 18.7. The number of carboxylic acids is 1. The van der Waals surface area contributed by atoms with Crippen molar-refractivity contribution in [3.63, 3.8) is 0 Å². The lowest BCUT2D eigenvalue weighted by Crippen LogP contribution is -2.38. The Bertz CT molecular complexity index is 767. The number of thiol groups is 1. The Labute approximate surface area is 314 Å². The highest BCUT2D eigenvalue weighted by molar-refractivity contribution is 7.80. The second kappa shape index (κ2) is 42.6. The van der Waals surface area contributed by atoms with Crippen molar-refractivity contribution in [1.82, 2.24) is 5.48 Å². The fraction of sp³-hybridized carbons (Fsp3) is 0.939. The van der Waals surface area contributed by atoms with Crippen LogP contribution in [0.15, 0.2) is 0 Å². The third-order valence-corrected chi connectivity index (χ3v) is 7.00. The van der Waals surface area contributed by atoms with Crippen molar-refractivity contribution in [1.29, 1.82) is 0 Å². The van der Waals surface area contributed by atoms with Gasteiger partial charge < -0.3 is 68.7 Å². The first-order chi connectivity index (χ1) is 25.5. The molecule has 0 aliphatic rings. The summed E-state index contributed by atoms with van der Waals surface area (Å²) in [5.41, 5.74) is 13.7. The van der Waals surface area contributed by atoms with E-state index in [4.69, 9.17) is 73.5 Å². The predicted octanol–water partition coefficient (Wildman–Crippen LogP) is -0.511. The summed E-state index contributed by atoms with van der Waals surface area (Å²) in [7, 11) is 0.